The number of thiazole rings is 1. The lowest BCUT2D eigenvalue weighted by atomic mass is 9.96. The summed E-state index contributed by atoms with van der Waals surface area (Å²) in [6.07, 6.45) is 5.55. The van der Waals surface area contributed by atoms with Crippen molar-refractivity contribution in [2.45, 2.75) is 31.8 Å². The van der Waals surface area contributed by atoms with Crippen LogP contribution >= 0.6 is 11.3 Å². The van der Waals surface area contributed by atoms with E-state index in [0.29, 0.717) is 18.3 Å². The molecule has 3 aliphatic rings. The van der Waals surface area contributed by atoms with Gasteiger partial charge in [0.15, 0.2) is 16.8 Å². The van der Waals surface area contributed by atoms with Gasteiger partial charge in [0.2, 0.25) is 5.91 Å². The van der Waals surface area contributed by atoms with Gasteiger partial charge in [0.25, 0.3) is 0 Å². The Morgan fingerprint density at radius 3 is 2.79 bits per heavy atom. The molecule has 10 nitrogen and oxygen atoms in total. The first-order valence-corrected chi connectivity index (χ1v) is 11.8. The molecule has 2 fully saturated rings. The van der Waals surface area contributed by atoms with E-state index in [1.54, 1.807) is 18.5 Å². The Hall–Kier alpha value is -3.25. The largest absolute Gasteiger partial charge is 0.507 e. The van der Waals surface area contributed by atoms with Gasteiger partial charge in [0.1, 0.15) is 11.3 Å². The average Bonchev–Trinajstić information content (AvgIpc) is 3.30. The summed E-state index contributed by atoms with van der Waals surface area (Å²) in [5.74, 6) is -3.78. The molecule has 1 amide bonds. The molecule has 3 aliphatic heterocycles. The molecule has 2 atom stereocenters. The molecule has 12 heteroatoms. The molecular formula is C22H26FN5O5S. The highest BCUT2D eigenvalue weighted by molar-refractivity contribution is 7.13. The molecular weight excluding hydrogens is 465 g/mol. The number of aliphatic carboxylic acids is 1. The summed E-state index contributed by atoms with van der Waals surface area (Å²) >= 11 is 1.27. The summed E-state index contributed by atoms with van der Waals surface area (Å²) < 4.78 is 20.4. The lowest BCUT2D eigenvalue weighted by molar-refractivity contribution is -0.132. The number of carboxylic acid groups (broad SMARTS) is 1. The number of hydrogen-bond donors (Lipinski definition) is 4. The fourth-order valence-electron chi connectivity index (χ4n) is 4.08. The van der Waals surface area contributed by atoms with Crippen LogP contribution in [0.2, 0.25) is 0 Å². The minimum atomic E-state index is -1.37. The number of ether oxygens (including phenoxy) is 1. The first-order chi connectivity index (χ1) is 16.3. The fourth-order valence-corrected chi connectivity index (χ4v) is 4.78. The normalized spacial score (nSPS) is 23.9. The van der Waals surface area contributed by atoms with Gasteiger partial charge in [-0.2, -0.15) is 0 Å². The first-order valence-electron chi connectivity index (χ1n) is 10.9. The van der Waals surface area contributed by atoms with Crippen molar-refractivity contribution in [1.29, 1.82) is 5.41 Å². The van der Waals surface area contributed by atoms with E-state index in [9.17, 15) is 19.8 Å². The summed E-state index contributed by atoms with van der Waals surface area (Å²) in [5, 5.41) is 33.3. The summed E-state index contributed by atoms with van der Waals surface area (Å²) in [5.41, 5.74) is -0.379. The van der Waals surface area contributed by atoms with Crippen molar-refractivity contribution in [3.05, 3.63) is 46.6 Å². The number of rotatable bonds is 6. The molecule has 4 N–H and O–H groups in total. The Bertz CT molecular complexity index is 1060. The molecule has 2 saturated heterocycles. The van der Waals surface area contributed by atoms with Crippen LogP contribution in [0.5, 0.6) is 0 Å². The fraction of sp³-hybridized carbons (Fsp3) is 0.455. The smallest absolute Gasteiger partial charge is 0.340 e. The van der Waals surface area contributed by atoms with Crippen LogP contribution in [-0.4, -0.2) is 76.2 Å². The highest BCUT2D eigenvalue weighted by Gasteiger charge is 2.37. The molecule has 1 aromatic heterocycles. The number of amidine groups is 1. The number of anilines is 1. The van der Waals surface area contributed by atoms with Crippen LogP contribution in [0.1, 0.15) is 19.8 Å². The average molecular weight is 492 g/mol. The summed E-state index contributed by atoms with van der Waals surface area (Å²) in [4.78, 5) is 31.2. The highest BCUT2D eigenvalue weighted by atomic mass is 32.1. The molecule has 182 valence electrons. The van der Waals surface area contributed by atoms with E-state index >= 15 is 4.39 Å². The zero-order valence-electron chi connectivity index (χ0n) is 18.5. The number of carbonyl (C=O) groups excluding carboxylic acids is 1. The molecule has 0 radical (unpaired) electrons. The van der Waals surface area contributed by atoms with Gasteiger partial charge in [0, 0.05) is 43.0 Å². The second-order valence-electron chi connectivity index (χ2n) is 8.42. The molecule has 0 spiro atoms. The third kappa shape index (κ3) is 4.82. The number of aliphatic hydroxyl groups excluding tert-OH is 1. The van der Waals surface area contributed by atoms with E-state index in [1.807, 2.05) is 0 Å². The number of carbonyl (C=O) groups is 2. The molecule has 4 heterocycles. The third-order valence-corrected chi connectivity index (χ3v) is 6.90. The third-order valence-electron chi connectivity index (χ3n) is 6.12. The molecule has 0 bridgehead atoms. The van der Waals surface area contributed by atoms with Crippen molar-refractivity contribution in [1.82, 2.24) is 15.2 Å². The van der Waals surface area contributed by atoms with Gasteiger partial charge in [-0.15, -0.1) is 11.3 Å². The number of amides is 1. The van der Waals surface area contributed by atoms with Crippen LogP contribution in [0.3, 0.4) is 0 Å². The number of nitrogens with zero attached hydrogens (tertiary/aromatic N) is 3. The number of aliphatic hydroxyl groups is 1. The number of hydrogen-bond acceptors (Lipinski definition) is 8. The maximum atomic E-state index is 15.0. The number of carboxylic acids is 1. The van der Waals surface area contributed by atoms with Gasteiger partial charge in [-0.3, -0.25) is 10.2 Å². The Morgan fingerprint density at radius 1 is 1.41 bits per heavy atom. The number of nitrogens with one attached hydrogen (secondary N) is 2. The number of aromatic nitrogens is 1. The second-order valence-corrected chi connectivity index (χ2v) is 9.29. The van der Waals surface area contributed by atoms with E-state index in [0.717, 1.165) is 18.9 Å². The summed E-state index contributed by atoms with van der Waals surface area (Å²) in [7, 11) is 0. The Morgan fingerprint density at radius 2 is 2.18 bits per heavy atom. The highest BCUT2D eigenvalue weighted by Crippen LogP contribution is 2.33. The topological polar surface area (TPSA) is 139 Å². The lowest BCUT2D eigenvalue weighted by Crippen LogP contribution is -2.57. The predicted molar refractivity (Wildman–Crippen MR) is 123 cm³/mol. The van der Waals surface area contributed by atoms with E-state index in [1.165, 1.54) is 27.3 Å². The predicted octanol–water partition coefficient (Wildman–Crippen LogP) is 2.19. The molecule has 0 aliphatic carbocycles. The monoisotopic (exact) mass is 491 g/mol. The van der Waals surface area contributed by atoms with Gasteiger partial charge in [-0.1, -0.05) is 0 Å². The maximum absolute atomic E-state index is 15.0. The van der Waals surface area contributed by atoms with E-state index in [4.69, 9.17) is 10.1 Å². The quantitative estimate of drug-likeness (QED) is 0.351. The van der Waals surface area contributed by atoms with Gasteiger partial charge < -0.3 is 30.1 Å². The van der Waals surface area contributed by atoms with Crippen LogP contribution in [0.15, 0.2) is 46.6 Å². The Kier molecular flexibility index (Phi) is 6.98. The van der Waals surface area contributed by atoms with Crippen molar-refractivity contribution < 1.29 is 28.9 Å². The molecule has 0 aromatic carbocycles. The summed E-state index contributed by atoms with van der Waals surface area (Å²) in [6, 6.07) is -0.646. The van der Waals surface area contributed by atoms with Crippen LogP contribution in [0.4, 0.5) is 9.52 Å². The van der Waals surface area contributed by atoms with E-state index in [2.05, 4.69) is 10.3 Å². The minimum absolute atomic E-state index is 0.0180. The Balaban J connectivity index is 1.44. The van der Waals surface area contributed by atoms with Gasteiger partial charge >= 0.3 is 5.97 Å². The van der Waals surface area contributed by atoms with Crippen LogP contribution in [-0.2, 0) is 14.3 Å². The van der Waals surface area contributed by atoms with Crippen molar-refractivity contribution in [2.24, 2.45) is 5.92 Å². The SMILES string of the molecule is CC1C(C=C(F)C(=N)N2CC(C(=O)NC3CCCOC3)C2)=C(O)C(C(=O)O)=CN1c1nccs1. The molecule has 0 saturated carbocycles. The van der Waals surface area contributed by atoms with Crippen molar-refractivity contribution >= 4 is 34.2 Å². The minimum Gasteiger partial charge on any atom is -0.507 e. The maximum Gasteiger partial charge on any atom is 0.340 e. The van der Waals surface area contributed by atoms with E-state index in [-0.39, 0.29) is 36.5 Å². The first kappa shape index (κ1) is 23.9. The van der Waals surface area contributed by atoms with E-state index < -0.39 is 35.0 Å². The van der Waals surface area contributed by atoms with Crippen LogP contribution in [0.25, 0.3) is 0 Å². The Labute approximate surface area is 199 Å². The van der Waals surface area contributed by atoms with Crippen LogP contribution in [0, 0.1) is 11.3 Å². The molecule has 4 rings (SSSR count). The number of halogens is 1. The van der Waals surface area contributed by atoms with Gasteiger partial charge in [0.05, 0.1) is 24.6 Å². The zero-order chi connectivity index (χ0) is 24.4. The van der Waals surface area contributed by atoms with Gasteiger partial charge in [-0.25, -0.2) is 14.2 Å². The molecule has 1 aromatic rings. The lowest BCUT2D eigenvalue weighted by Gasteiger charge is -2.40. The van der Waals surface area contributed by atoms with Crippen molar-refractivity contribution in [2.75, 3.05) is 31.2 Å². The molecule has 2 unspecified atom stereocenters. The van der Waals surface area contributed by atoms with Crippen molar-refractivity contribution in [3.8, 4) is 0 Å². The second kappa shape index (κ2) is 9.94. The summed E-state index contributed by atoms with van der Waals surface area (Å²) in [6.45, 7) is 3.25. The van der Waals surface area contributed by atoms with Gasteiger partial charge in [-0.05, 0) is 25.8 Å². The molecule has 34 heavy (non-hydrogen) atoms. The van der Waals surface area contributed by atoms with Crippen molar-refractivity contribution in [3.63, 3.8) is 0 Å². The standard InChI is InChI=1S/C22H26FN5O5S/c1-12-15(18(29)16(21(31)32)10-28(12)22-25-4-6-34-22)7-17(23)19(24)27-8-13(9-27)20(30)26-14-3-2-5-33-11-14/h4,6-7,10,12-14,24,29H,2-3,5,8-9,11H2,1H3,(H,26,30)(H,31,32). The van der Waals surface area contributed by atoms with Crippen LogP contribution < -0.4 is 10.2 Å². The zero-order valence-corrected chi connectivity index (χ0v) is 19.3. The number of likely N-dealkylation sites (tertiary alicyclic amines) is 1.